The molecule has 2 rings (SSSR count). The van der Waals surface area contributed by atoms with Crippen LogP contribution in [0, 0.1) is 11.7 Å². The monoisotopic (exact) mass is 482 g/mol. The molecular weight excluding hydrogens is 458 g/mol. The number of likely N-dealkylation sites (tertiary alicyclic amines) is 1. The van der Waals surface area contributed by atoms with Crippen LogP contribution in [0.5, 0.6) is 0 Å². The first kappa shape index (κ1) is 22.0. The summed E-state index contributed by atoms with van der Waals surface area (Å²) in [5, 5.41) is 6.09. The van der Waals surface area contributed by atoms with Crippen LogP contribution in [0.4, 0.5) is 4.39 Å². The third-order valence-electron chi connectivity index (χ3n) is 4.31. The van der Waals surface area contributed by atoms with Gasteiger partial charge < -0.3 is 15.5 Å². The molecule has 1 saturated heterocycles. The predicted octanol–water partition coefficient (Wildman–Crippen LogP) is 3.02. The summed E-state index contributed by atoms with van der Waals surface area (Å²) in [4.78, 5) is 18.0. The normalized spacial score (nSPS) is 15.5. The molecule has 2 N–H and O–H groups in total. The highest BCUT2D eigenvalue weighted by Gasteiger charge is 2.23. The Morgan fingerprint density at radius 1 is 1.40 bits per heavy atom. The van der Waals surface area contributed by atoms with E-state index in [1.165, 1.54) is 6.07 Å². The fourth-order valence-electron chi connectivity index (χ4n) is 2.88. The molecule has 1 fully saturated rings. The van der Waals surface area contributed by atoms with Gasteiger partial charge >= 0.3 is 0 Å². The Hall–Kier alpha value is -1.09. The molecule has 5 nitrogen and oxygen atoms in total. The minimum atomic E-state index is -0.414. The van der Waals surface area contributed by atoms with Crippen LogP contribution < -0.4 is 10.6 Å². The van der Waals surface area contributed by atoms with Crippen molar-refractivity contribution in [3.05, 3.63) is 34.6 Å². The maximum atomic E-state index is 13.2. The molecule has 1 aromatic carbocycles. The fraction of sp³-hybridized carbons (Fsp3) is 0.529. The molecular formula is C17H25ClFIN4O. The van der Waals surface area contributed by atoms with Gasteiger partial charge in [-0.05, 0) is 36.5 Å². The number of amides is 1. The van der Waals surface area contributed by atoms with Crippen LogP contribution in [0.2, 0.25) is 5.02 Å². The Morgan fingerprint density at radius 3 is 2.64 bits per heavy atom. The molecule has 0 aliphatic carbocycles. The van der Waals surface area contributed by atoms with Crippen LogP contribution in [0.3, 0.4) is 0 Å². The number of carbonyl (C=O) groups excluding carboxylic acids is 1. The van der Waals surface area contributed by atoms with Gasteiger partial charge in [-0.15, -0.1) is 24.0 Å². The zero-order valence-electron chi connectivity index (χ0n) is 14.5. The van der Waals surface area contributed by atoms with Gasteiger partial charge in [0.15, 0.2) is 5.96 Å². The molecule has 0 spiro atoms. The lowest BCUT2D eigenvalue weighted by atomic mass is 9.93. The average molecular weight is 483 g/mol. The summed E-state index contributed by atoms with van der Waals surface area (Å²) in [7, 11) is 3.42. The summed E-state index contributed by atoms with van der Waals surface area (Å²) in [5.41, 5.74) is 0.900. The van der Waals surface area contributed by atoms with Gasteiger partial charge in [0.2, 0.25) is 5.91 Å². The van der Waals surface area contributed by atoms with Crippen LogP contribution in [-0.4, -0.2) is 44.0 Å². The Morgan fingerprint density at radius 2 is 2.08 bits per heavy atom. The van der Waals surface area contributed by atoms with Gasteiger partial charge in [0.05, 0.1) is 5.02 Å². The van der Waals surface area contributed by atoms with Crippen molar-refractivity contribution in [3.63, 3.8) is 0 Å². The molecule has 1 aliphatic heterocycles. The van der Waals surface area contributed by atoms with Crippen molar-refractivity contribution < 1.29 is 9.18 Å². The molecule has 25 heavy (non-hydrogen) atoms. The molecule has 1 amide bonds. The molecule has 1 aliphatic rings. The average Bonchev–Trinajstić information content (AvgIpc) is 2.59. The van der Waals surface area contributed by atoms with Crippen LogP contribution in [0.25, 0.3) is 0 Å². The molecule has 0 atom stereocenters. The van der Waals surface area contributed by atoms with Crippen molar-refractivity contribution in [1.29, 1.82) is 0 Å². The molecule has 140 valence electrons. The van der Waals surface area contributed by atoms with Gasteiger partial charge in [0, 0.05) is 40.2 Å². The van der Waals surface area contributed by atoms with Crippen molar-refractivity contribution in [2.45, 2.75) is 25.8 Å². The van der Waals surface area contributed by atoms with E-state index >= 15 is 0 Å². The molecule has 0 bridgehead atoms. The Balaban J connectivity index is 0.00000312. The van der Waals surface area contributed by atoms with E-state index in [2.05, 4.69) is 20.5 Å². The maximum absolute atomic E-state index is 13.2. The second kappa shape index (κ2) is 10.8. The standard InChI is InChI=1S/C17H24ClFN4O.HI/c1-20-16(24)10-12-5-7-23(8-6-12)17(21-2)22-11-13-3-4-15(19)14(18)9-13;/h3-4,9,12H,5-8,10-11H2,1-2H3,(H,20,24)(H,21,22);1H. The smallest absolute Gasteiger partial charge is 0.220 e. The summed E-state index contributed by atoms with van der Waals surface area (Å²) < 4.78 is 13.2. The van der Waals surface area contributed by atoms with Crippen LogP contribution in [0.15, 0.2) is 23.2 Å². The number of rotatable bonds is 4. The SMILES string of the molecule is CN=C(NCc1ccc(F)c(Cl)c1)N1CCC(CC(=O)NC)CC1.I. The molecule has 0 radical (unpaired) electrons. The first-order chi connectivity index (χ1) is 11.5. The summed E-state index contributed by atoms with van der Waals surface area (Å²) in [6, 6.07) is 4.69. The zero-order chi connectivity index (χ0) is 17.5. The van der Waals surface area contributed by atoms with E-state index in [1.807, 2.05) is 0 Å². The molecule has 8 heteroatoms. The van der Waals surface area contributed by atoms with E-state index in [1.54, 1.807) is 26.2 Å². The summed E-state index contributed by atoms with van der Waals surface area (Å²) in [6.45, 7) is 2.27. The van der Waals surface area contributed by atoms with Gasteiger partial charge in [0.25, 0.3) is 0 Å². The van der Waals surface area contributed by atoms with E-state index < -0.39 is 5.82 Å². The second-order valence-electron chi connectivity index (χ2n) is 5.96. The van der Waals surface area contributed by atoms with Gasteiger partial charge in [0.1, 0.15) is 5.82 Å². The highest BCUT2D eigenvalue weighted by molar-refractivity contribution is 14.0. The zero-order valence-corrected chi connectivity index (χ0v) is 17.6. The number of hydrogen-bond donors (Lipinski definition) is 2. The number of nitrogens with zero attached hydrogens (tertiary/aromatic N) is 2. The van der Waals surface area contributed by atoms with E-state index in [-0.39, 0.29) is 34.9 Å². The van der Waals surface area contributed by atoms with Gasteiger partial charge in [-0.1, -0.05) is 17.7 Å². The Bertz CT molecular complexity index is 606. The Labute approximate surface area is 170 Å². The third-order valence-corrected chi connectivity index (χ3v) is 4.60. The van der Waals surface area contributed by atoms with Crippen LogP contribution >= 0.6 is 35.6 Å². The van der Waals surface area contributed by atoms with Crippen LogP contribution in [0.1, 0.15) is 24.8 Å². The predicted molar refractivity (Wildman–Crippen MR) is 110 cm³/mol. The molecule has 1 heterocycles. The van der Waals surface area contributed by atoms with E-state index in [4.69, 9.17) is 11.6 Å². The number of benzene rings is 1. The third kappa shape index (κ3) is 6.62. The lowest BCUT2D eigenvalue weighted by Gasteiger charge is -2.34. The molecule has 0 unspecified atom stereocenters. The van der Waals surface area contributed by atoms with E-state index in [0.717, 1.165) is 37.5 Å². The molecule has 0 aromatic heterocycles. The maximum Gasteiger partial charge on any atom is 0.220 e. The number of guanidine groups is 1. The minimum Gasteiger partial charge on any atom is -0.359 e. The number of carbonyl (C=O) groups is 1. The van der Waals surface area contributed by atoms with Gasteiger partial charge in [-0.25, -0.2) is 4.39 Å². The van der Waals surface area contributed by atoms with Crippen molar-refractivity contribution in [2.75, 3.05) is 27.2 Å². The highest BCUT2D eigenvalue weighted by Crippen LogP contribution is 2.20. The van der Waals surface area contributed by atoms with E-state index in [0.29, 0.717) is 18.9 Å². The number of piperidine rings is 1. The van der Waals surface area contributed by atoms with Gasteiger partial charge in [-0.3, -0.25) is 9.79 Å². The van der Waals surface area contributed by atoms with Gasteiger partial charge in [-0.2, -0.15) is 0 Å². The van der Waals surface area contributed by atoms with Crippen molar-refractivity contribution in [2.24, 2.45) is 10.9 Å². The van der Waals surface area contributed by atoms with Crippen molar-refractivity contribution in [3.8, 4) is 0 Å². The number of nitrogens with one attached hydrogen (secondary N) is 2. The number of halogens is 3. The molecule has 1 aromatic rings. The Kier molecular flexibility index (Phi) is 9.48. The van der Waals surface area contributed by atoms with E-state index in [9.17, 15) is 9.18 Å². The lowest BCUT2D eigenvalue weighted by molar-refractivity contribution is -0.121. The summed E-state index contributed by atoms with van der Waals surface area (Å²) in [5.74, 6) is 0.927. The largest absolute Gasteiger partial charge is 0.359 e. The van der Waals surface area contributed by atoms with Crippen LogP contribution in [-0.2, 0) is 11.3 Å². The minimum absolute atomic E-state index is 0. The second-order valence-corrected chi connectivity index (χ2v) is 6.36. The van der Waals surface area contributed by atoms with Crippen molar-refractivity contribution in [1.82, 2.24) is 15.5 Å². The molecule has 0 saturated carbocycles. The summed E-state index contributed by atoms with van der Waals surface area (Å²) >= 11 is 5.81. The van der Waals surface area contributed by atoms with Crippen molar-refractivity contribution >= 4 is 47.4 Å². The number of aliphatic imine (C=N–C) groups is 1. The lowest BCUT2D eigenvalue weighted by Crippen LogP contribution is -2.45. The first-order valence-electron chi connectivity index (χ1n) is 8.13. The topological polar surface area (TPSA) is 56.7 Å². The highest BCUT2D eigenvalue weighted by atomic mass is 127. The fourth-order valence-corrected chi connectivity index (χ4v) is 3.08. The first-order valence-corrected chi connectivity index (χ1v) is 8.51. The number of hydrogen-bond acceptors (Lipinski definition) is 2. The quantitative estimate of drug-likeness (QED) is 0.394. The summed E-state index contributed by atoms with van der Waals surface area (Å²) in [6.07, 6.45) is 2.53.